The molecular weight excluding hydrogens is 359 g/mol. The average Bonchev–Trinajstić information content (AvgIpc) is 2.91. The van der Waals surface area contributed by atoms with Crippen LogP contribution < -0.4 is 16.2 Å². The number of carbonyl (C=O) groups is 1. The van der Waals surface area contributed by atoms with Crippen molar-refractivity contribution >= 4 is 39.2 Å². The fourth-order valence-corrected chi connectivity index (χ4v) is 1.98. The van der Waals surface area contributed by atoms with Gasteiger partial charge in [0.2, 0.25) is 0 Å². The second-order valence-electron chi connectivity index (χ2n) is 4.12. The van der Waals surface area contributed by atoms with Crippen molar-refractivity contribution in [3.8, 4) is 0 Å². The van der Waals surface area contributed by atoms with Gasteiger partial charge in [-0.15, -0.1) is 0 Å². The van der Waals surface area contributed by atoms with Gasteiger partial charge in [-0.05, 0) is 51.9 Å². The van der Waals surface area contributed by atoms with Crippen LogP contribution in [0, 0.1) is 5.82 Å². The van der Waals surface area contributed by atoms with Gasteiger partial charge in [-0.1, -0.05) is 12.1 Å². The van der Waals surface area contributed by atoms with Gasteiger partial charge in [0.1, 0.15) is 11.5 Å². The molecule has 1 heterocycles. The van der Waals surface area contributed by atoms with E-state index in [1.807, 2.05) is 0 Å². The topological polar surface area (TPSA) is 69.0 Å². The minimum absolute atomic E-state index is 0.262. The molecule has 0 fully saturated rings. The summed E-state index contributed by atoms with van der Waals surface area (Å²) < 4.78 is 13.5. The highest BCUT2D eigenvalue weighted by molar-refractivity contribution is 9.10. The fraction of sp³-hybridized carbons (Fsp3) is 0.0769. The molecule has 0 spiro atoms. The van der Waals surface area contributed by atoms with E-state index in [2.05, 4.69) is 37.1 Å². The number of H-pyrrole nitrogens is 1. The lowest BCUT2D eigenvalue weighted by Crippen LogP contribution is -2.46. The van der Waals surface area contributed by atoms with Crippen LogP contribution in [0.5, 0.6) is 0 Å². The molecule has 0 unspecified atom stereocenters. The van der Waals surface area contributed by atoms with Crippen molar-refractivity contribution in [3.63, 3.8) is 0 Å². The molecule has 4 N–H and O–H groups in total. The number of rotatable bonds is 3. The van der Waals surface area contributed by atoms with Gasteiger partial charge in [-0.2, -0.15) is 0 Å². The molecule has 0 aliphatic rings. The van der Waals surface area contributed by atoms with E-state index in [1.165, 1.54) is 12.1 Å². The van der Waals surface area contributed by atoms with Crippen molar-refractivity contribution in [3.05, 3.63) is 58.1 Å². The third-order valence-corrected chi connectivity index (χ3v) is 3.25. The summed E-state index contributed by atoms with van der Waals surface area (Å²) in [4.78, 5) is 14.5. The lowest BCUT2D eigenvalue weighted by Gasteiger charge is -2.11. The van der Waals surface area contributed by atoms with Crippen LogP contribution in [0.25, 0.3) is 0 Å². The van der Waals surface area contributed by atoms with Crippen LogP contribution in [-0.4, -0.2) is 16.0 Å². The number of halogens is 2. The van der Waals surface area contributed by atoms with Crippen molar-refractivity contribution in [2.45, 2.75) is 6.54 Å². The SMILES string of the molecule is O=C(NNC(=S)NCc1ccc(F)cc1)c1cc(Br)c[nH]1. The van der Waals surface area contributed by atoms with Crippen molar-refractivity contribution in [2.75, 3.05) is 0 Å². The number of hydrogen-bond acceptors (Lipinski definition) is 2. The molecule has 5 nitrogen and oxygen atoms in total. The molecule has 1 amide bonds. The summed E-state index contributed by atoms with van der Waals surface area (Å²) in [7, 11) is 0. The van der Waals surface area contributed by atoms with Gasteiger partial charge in [-0.25, -0.2) is 4.39 Å². The highest BCUT2D eigenvalue weighted by atomic mass is 79.9. The minimum atomic E-state index is -0.341. The molecule has 110 valence electrons. The molecule has 0 atom stereocenters. The summed E-state index contributed by atoms with van der Waals surface area (Å²) in [6, 6.07) is 7.70. The Morgan fingerprint density at radius 2 is 2.00 bits per heavy atom. The third-order valence-electron chi connectivity index (χ3n) is 2.55. The first-order chi connectivity index (χ1) is 10.0. The quantitative estimate of drug-likeness (QED) is 0.494. The summed E-state index contributed by atoms with van der Waals surface area (Å²) in [6.07, 6.45) is 1.65. The Hall–Kier alpha value is -1.93. The van der Waals surface area contributed by atoms with Crippen LogP contribution in [-0.2, 0) is 6.54 Å². The van der Waals surface area contributed by atoms with Crippen LogP contribution in [0.15, 0.2) is 41.0 Å². The van der Waals surface area contributed by atoms with E-state index >= 15 is 0 Å². The summed E-state index contributed by atoms with van der Waals surface area (Å²) in [5.41, 5.74) is 6.31. The van der Waals surface area contributed by atoms with E-state index in [4.69, 9.17) is 12.2 Å². The molecule has 0 bridgehead atoms. The summed E-state index contributed by atoms with van der Waals surface area (Å²) in [6.45, 7) is 0.427. The molecular formula is C13H12BrFN4OS. The number of aromatic amines is 1. The summed E-state index contributed by atoms with van der Waals surface area (Å²) >= 11 is 8.26. The Kier molecular flexibility index (Phi) is 5.29. The van der Waals surface area contributed by atoms with E-state index in [0.717, 1.165) is 10.0 Å². The van der Waals surface area contributed by atoms with Crippen LogP contribution in [0.2, 0.25) is 0 Å². The molecule has 0 saturated carbocycles. The van der Waals surface area contributed by atoms with Gasteiger partial charge in [0.25, 0.3) is 5.91 Å². The van der Waals surface area contributed by atoms with Gasteiger partial charge in [0.05, 0.1) is 0 Å². The predicted octanol–water partition coefficient (Wildman–Crippen LogP) is 2.23. The fourth-order valence-electron chi connectivity index (χ4n) is 1.51. The van der Waals surface area contributed by atoms with Crippen LogP contribution in [0.4, 0.5) is 4.39 Å². The molecule has 2 rings (SSSR count). The highest BCUT2D eigenvalue weighted by Crippen LogP contribution is 2.09. The number of hydrazine groups is 1. The zero-order chi connectivity index (χ0) is 15.2. The molecule has 1 aromatic heterocycles. The molecule has 8 heteroatoms. The smallest absolute Gasteiger partial charge is 0.286 e. The maximum Gasteiger partial charge on any atom is 0.286 e. The Balaban J connectivity index is 1.74. The Morgan fingerprint density at radius 3 is 2.62 bits per heavy atom. The number of hydrogen-bond donors (Lipinski definition) is 4. The largest absolute Gasteiger partial charge is 0.357 e. The highest BCUT2D eigenvalue weighted by Gasteiger charge is 2.07. The molecule has 1 aromatic carbocycles. The summed E-state index contributed by atoms with van der Waals surface area (Å²) in [5.74, 6) is -0.629. The number of thiocarbonyl (C=S) groups is 1. The maximum atomic E-state index is 12.7. The minimum Gasteiger partial charge on any atom is -0.357 e. The first-order valence-electron chi connectivity index (χ1n) is 5.97. The van der Waals surface area contributed by atoms with Crippen molar-refractivity contribution in [1.29, 1.82) is 0 Å². The van der Waals surface area contributed by atoms with E-state index in [9.17, 15) is 9.18 Å². The maximum absolute atomic E-state index is 12.7. The normalized spacial score (nSPS) is 10.0. The van der Waals surface area contributed by atoms with Gasteiger partial charge < -0.3 is 10.3 Å². The van der Waals surface area contributed by atoms with E-state index in [-0.39, 0.29) is 16.8 Å². The van der Waals surface area contributed by atoms with E-state index in [1.54, 1.807) is 24.4 Å². The summed E-state index contributed by atoms with van der Waals surface area (Å²) in [5, 5.41) is 3.16. The van der Waals surface area contributed by atoms with E-state index < -0.39 is 0 Å². The van der Waals surface area contributed by atoms with Crippen molar-refractivity contribution < 1.29 is 9.18 Å². The zero-order valence-corrected chi connectivity index (χ0v) is 13.1. The van der Waals surface area contributed by atoms with Gasteiger partial charge in [0.15, 0.2) is 5.11 Å². The van der Waals surface area contributed by atoms with E-state index in [0.29, 0.717) is 12.2 Å². The van der Waals surface area contributed by atoms with Crippen molar-refractivity contribution in [1.82, 2.24) is 21.2 Å². The number of amides is 1. The van der Waals surface area contributed by atoms with Gasteiger partial charge in [0, 0.05) is 17.2 Å². The Morgan fingerprint density at radius 1 is 1.29 bits per heavy atom. The Bertz CT molecular complexity index is 644. The third kappa shape index (κ3) is 4.83. The molecule has 0 radical (unpaired) electrons. The predicted molar refractivity (Wildman–Crippen MR) is 84.9 cm³/mol. The zero-order valence-electron chi connectivity index (χ0n) is 10.7. The second kappa shape index (κ2) is 7.19. The Labute approximate surface area is 134 Å². The second-order valence-corrected chi connectivity index (χ2v) is 5.44. The standard InChI is InChI=1S/C13H12BrFN4OS/c14-9-5-11(16-7-9)12(20)18-19-13(21)17-6-8-1-3-10(15)4-2-8/h1-5,7,16H,6H2,(H,18,20)(H2,17,19,21). The average molecular weight is 371 g/mol. The van der Waals surface area contributed by atoms with Crippen LogP contribution in [0.3, 0.4) is 0 Å². The molecule has 0 aliphatic heterocycles. The molecule has 0 saturated heterocycles. The number of nitrogens with one attached hydrogen (secondary N) is 4. The van der Waals surface area contributed by atoms with Crippen LogP contribution in [0.1, 0.15) is 16.1 Å². The lowest BCUT2D eigenvalue weighted by atomic mass is 10.2. The number of aromatic nitrogens is 1. The first-order valence-corrected chi connectivity index (χ1v) is 7.17. The van der Waals surface area contributed by atoms with Crippen molar-refractivity contribution in [2.24, 2.45) is 0 Å². The number of carbonyl (C=O) groups excluding carboxylic acids is 1. The number of benzene rings is 1. The van der Waals surface area contributed by atoms with Crippen LogP contribution >= 0.6 is 28.1 Å². The molecule has 0 aliphatic carbocycles. The monoisotopic (exact) mass is 370 g/mol. The first kappa shape index (κ1) is 15.5. The van der Waals surface area contributed by atoms with Gasteiger partial charge in [-0.3, -0.25) is 15.6 Å². The molecule has 21 heavy (non-hydrogen) atoms. The van der Waals surface area contributed by atoms with Gasteiger partial charge >= 0.3 is 0 Å². The lowest BCUT2D eigenvalue weighted by molar-refractivity contribution is 0.0939. The molecule has 2 aromatic rings.